The average molecular weight is 382 g/mol. The predicted octanol–water partition coefficient (Wildman–Crippen LogP) is 4.93. The van der Waals surface area contributed by atoms with Crippen molar-refractivity contribution in [2.45, 2.75) is 26.2 Å². The molecule has 6 heteroatoms. The van der Waals surface area contributed by atoms with Crippen molar-refractivity contribution in [1.82, 2.24) is 0 Å². The van der Waals surface area contributed by atoms with Crippen LogP contribution in [0.4, 0.5) is 5.69 Å². The Kier molecular flexibility index (Phi) is 6.20. The molecular formula is C19H21Cl2NO3. The molecule has 0 aliphatic heterocycles. The standard InChI is InChI=1S/C19H21Cl2NO3/c1-11(2)14-6-12(4-5-18(14)23)7-15-16(20)8-13(9-17(15)21)22(3)10-19(24)25/h4-6,8-9,11,23H,7,10H2,1-3H3,(H,24,25). The van der Waals surface area contributed by atoms with Crippen LogP contribution in [-0.2, 0) is 11.2 Å². The summed E-state index contributed by atoms with van der Waals surface area (Å²) in [4.78, 5) is 12.4. The largest absolute Gasteiger partial charge is 0.508 e. The molecule has 0 unspecified atom stereocenters. The molecule has 0 bridgehead atoms. The lowest BCUT2D eigenvalue weighted by atomic mass is 9.96. The van der Waals surface area contributed by atoms with Gasteiger partial charge in [0.1, 0.15) is 12.3 Å². The smallest absolute Gasteiger partial charge is 0.323 e. The van der Waals surface area contributed by atoms with Crippen LogP contribution in [0, 0.1) is 0 Å². The lowest BCUT2D eigenvalue weighted by molar-refractivity contribution is -0.135. The Morgan fingerprint density at radius 1 is 1.16 bits per heavy atom. The van der Waals surface area contributed by atoms with Gasteiger partial charge in [-0.15, -0.1) is 0 Å². The molecule has 0 spiro atoms. The number of phenolic OH excluding ortho intramolecular Hbond substituents is 1. The Labute approximate surface area is 157 Å². The summed E-state index contributed by atoms with van der Waals surface area (Å²) in [5.74, 6) is -0.441. The quantitative estimate of drug-likeness (QED) is 0.744. The average Bonchev–Trinajstić information content (AvgIpc) is 2.51. The zero-order valence-corrected chi connectivity index (χ0v) is 15.9. The van der Waals surface area contributed by atoms with Gasteiger partial charge in [-0.05, 0) is 40.8 Å². The van der Waals surface area contributed by atoms with Crippen LogP contribution in [0.1, 0.15) is 36.5 Å². The van der Waals surface area contributed by atoms with E-state index in [1.807, 2.05) is 26.0 Å². The Hall–Kier alpha value is -1.91. The Morgan fingerprint density at radius 3 is 2.28 bits per heavy atom. The summed E-state index contributed by atoms with van der Waals surface area (Å²) in [7, 11) is 1.67. The van der Waals surface area contributed by atoms with Crippen LogP contribution in [-0.4, -0.2) is 29.8 Å². The van der Waals surface area contributed by atoms with Gasteiger partial charge in [-0.2, -0.15) is 0 Å². The highest BCUT2D eigenvalue weighted by Crippen LogP contribution is 2.34. The summed E-state index contributed by atoms with van der Waals surface area (Å²) in [6.07, 6.45) is 0.528. The number of likely N-dealkylation sites (N-methyl/N-ethyl adjacent to an activating group) is 1. The van der Waals surface area contributed by atoms with E-state index in [9.17, 15) is 9.90 Å². The van der Waals surface area contributed by atoms with Crippen LogP contribution < -0.4 is 4.90 Å². The summed E-state index contributed by atoms with van der Waals surface area (Å²) in [6, 6.07) is 8.92. The number of nitrogens with zero attached hydrogens (tertiary/aromatic N) is 1. The van der Waals surface area contributed by atoms with E-state index in [0.29, 0.717) is 22.2 Å². The van der Waals surface area contributed by atoms with Crippen molar-refractivity contribution in [1.29, 1.82) is 0 Å². The fourth-order valence-electron chi connectivity index (χ4n) is 2.65. The third-order valence-electron chi connectivity index (χ3n) is 4.03. The maximum Gasteiger partial charge on any atom is 0.323 e. The second-order valence-electron chi connectivity index (χ2n) is 6.36. The lowest BCUT2D eigenvalue weighted by Crippen LogP contribution is -2.25. The molecular weight excluding hydrogens is 361 g/mol. The molecule has 0 radical (unpaired) electrons. The second-order valence-corrected chi connectivity index (χ2v) is 7.18. The number of carbonyl (C=O) groups is 1. The van der Waals surface area contributed by atoms with E-state index in [4.69, 9.17) is 28.3 Å². The number of benzene rings is 2. The fraction of sp³-hybridized carbons (Fsp3) is 0.316. The molecule has 4 nitrogen and oxygen atoms in total. The summed E-state index contributed by atoms with van der Waals surface area (Å²) in [6.45, 7) is 3.90. The summed E-state index contributed by atoms with van der Waals surface area (Å²) in [5.41, 5.74) is 3.30. The first kappa shape index (κ1) is 19.4. The van der Waals surface area contributed by atoms with E-state index in [0.717, 1.165) is 16.7 Å². The van der Waals surface area contributed by atoms with Crippen LogP contribution >= 0.6 is 23.2 Å². The van der Waals surface area contributed by atoms with Gasteiger partial charge in [-0.1, -0.05) is 49.2 Å². The van der Waals surface area contributed by atoms with Crippen molar-refractivity contribution in [2.75, 3.05) is 18.5 Å². The molecule has 25 heavy (non-hydrogen) atoms. The Balaban J connectivity index is 2.32. The molecule has 2 aromatic carbocycles. The number of halogens is 2. The number of carboxylic acid groups (broad SMARTS) is 1. The number of carboxylic acids is 1. The zero-order chi connectivity index (χ0) is 18.7. The van der Waals surface area contributed by atoms with Crippen LogP contribution in [0.2, 0.25) is 10.0 Å². The number of aliphatic carboxylic acids is 1. The van der Waals surface area contributed by atoms with Crippen LogP contribution in [0.3, 0.4) is 0 Å². The van der Waals surface area contributed by atoms with Gasteiger partial charge in [0.2, 0.25) is 0 Å². The number of hydrogen-bond acceptors (Lipinski definition) is 3. The van der Waals surface area contributed by atoms with Gasteiger partial charge < -0.3 is 15.1 Å². The van der Waals surface area contributed by atoms with E-state index in [2.05, 4.69) is 0 Å². The Bertz CT molecular complexity index is 767. The lowest BCUT2D eigenvalue weighted by Gasteiger charge is -2.19. The van der Waals surface area contributed by atoms with E-state index >= 15 is 0 Å². The van der Waals surface area contributed by atoms with Crippen LogP contribution in [0.25, 0.3) is 0 Å². The normalized spacial score (nSPS) is 11.0. The van der Waals surface area contributed by atoms with Crippen molar-refractivity contribution in [3.8, 4) is 5.75 Å². The first-order valence-electron chi connectivity index (χ1n) is 7.91. The maximum absolute atomic E-state index is 10.8. The van der Waals surface area contributed by atoms with Crippen LogP contribution in [0.5, 0.6) is 5.75 Å². The molecule has 0 aliphatic rings. The van der Waals surface area contributed by atoms with Gasteiger partial charge in [0.25, 0.3) is 0 Å². The summed E-state index contributed by atoms with van der Waals surface area (Å²) < 4.78 is 0. The SMILES string of the molecule is CC(C)c1cc(Cc2c(Cl)cc(N(C)CC(=O)O)cc2Cl)ccc1O. The minimum absolute atomic E-state index is 0.137. The van der Waals surface area contributed by atoms with Crippen molar-refractivity contribution < 1.29 is 15.0 Å². The monoisotopic (exact) mass is 381 g/mol. The van der Waals surface area contributed by atoms with Crippen LogP contribution in [0.15, 0.2) is 30.3 Å². The number of anilines is 1. The highest BCUT2D eigenvalue weighted by Gasteiger charge is 2.14. The molecule has 0 aromatic heterocycles. The summed E-state index contributed by atoms with van der Waals surface area (Å²) in [5, 5.41) is 19.8. The third-order valence-corrected chi connectivity index (χ3v) is 4.71. The van der Waals surface area contributed by atoms with Crippen molar-refractivity contribution in [2.24, 2.45) is 0 Å². The molecule has 2 N–H and O–H groups in total. The molecule has 0 saturated heterocycles. The van der Waals surface area contributed by atoms with E-state index < -0.39 is 5.97 Å². The molecule has 2 rings (SSSR count). The van der Waals surface area contributed by atoms with Gasteiger partial charge in [0, 0.05) is 29.2 Å². The maximum atomic E-state index is 10.8. The fourth-order valence-corrected chi connectivity index (χ4v) is 3.26. The van der Waals surface area contributed by atoms with Gasteiger partial charge in [-0.3, -0.25) is 4.79 Å². The molecule has 0 heterocycles. The number of aromatic hydroxyl groups is 1. The minimum atomic E-state index is -0.927. The Morgan fingerprint density at radius 2 is 1.76 bits per heavy atom. The van der Waals surface area contributed by atoms with Gasteiger partial charge in [-0.25, -0.2) is 0 Å². The number of hydrogen-bond donors (Lipinski definition) is 2. The zero-order valence-electron chi connectivity index (χ0n) is 14.4. The summed E-state index contributed by atoms with van der Waals surface area (Å²) >= 11 is 12.8. The third kappa shape index (κ3) is 4.80. The number of phenols is 1. The highest BCUT2D eigenvalue weighted by molar-refractivity contribution is 6.36. The molecule has 0 amide bonds. The predicted molar refractivity (Wildman–Crippen MR) is 102 cm³/mol. The first-order valence-corrected chi connectivity index (χ1v) is 8.67. The van der Waals surface area contributed by atoms with Crippen molar-refractivity contribution in [3.05, 3.63) is 57.1 Å². The van der Waals surface area contributed by atoms with Gasteiger partial charge in [0.15, 0.2) is 0 Å². The number of rotatable bonds is 6. The second kappa shape index (κ2) is 7.98. The van der Waals surface area contributed by atoms with Gasteiger partial charge in [0.05, 0.1) is 0 Å². The van der Waals surface area contributed by atoms with E-state index in [1.54, 1.807) is 30.1 Å². The molecule has 0 saturated carbocycles. The molecule has 0 atom stereocenters. The molecule has 134 valence electrons. The van der Waals surface area contributed by atoms with Crippen molar-refractivity contribution in [3.63, 3.8) is 0 Å². The van der Waals surface area contributed by atoms with Crippen molar-refractivity contribution >= 4 is 34.9 Å². The molecule has 2 aromatic rings. The van der Waals surface area contributed by atoms with E-state index in [-0.39, 0.29) is 18.2 Å². The molecule has 0 fully saturated rings. The molecule has 0 aliphatic carbocycles. The van der Waals surface area contributed by atoms with E-state index in [1.165, 1.54) is 0 Å². The topological polar surface area (TPSA) is 60.8 Å². The minimum Gasteiger partial charge on any atom is -0.508 e. The highest BCUT2D eigenvalue weighted by atomic mass is 35.5. The van der Waals surface area contributed by atoms with Gasteiger partial charge >= 0.3 is 5.97 Å². The first-order chi connectivity index (χ1) is 11.7.